The van der Waals surface area contributed by atoms with Gasteiger partial charge in [0, 0.05) is 0 Å². The Hall–Kier alpha value is -1.55. The van der Waals surface area contributed by atoms with E-state index in [9.17, 15) is 9.90 Å². The molecular formula is C17H26O4. The minimum Gasteiger partial charge on any atom is -0.494 e. The number of aliphatic hydroxyl groups is 1. The predicted octanol–water partition coefficient (Wildman–Crippen LogP) is 3.27. The van der Waals surface area contributed by atoms with Crippen LogP contribution in [0.2, 0.25) is 0 Å². The van der Waals surface area contributed by atoms with Gasteiger partial charge in [0.1, 0.15) is 11.4 Å². The lowest BCUT2D eigenvalue weighted by Gasteiger charge is -2.31. The molecule has 0 saturated carbocycles. The summed E-state index contributed by atoms with van der Waals surface area (Å²) < 4.78 is 10.7. The van der Waals surface area contributed by atoms with Crippen molar-refractivity contribution in [2.45, 2.75) is 52.7 Å². The number of rotatable bonds is 5. The highest BCUT2D eigenvalue weighted by molar-refractivity contribution is 5.74. The van der Waals surface area contributed by atoms with Gasteiger partial charge >= 0.3 is 5.97 Å². The minimum absolute atomic E-state index is 0.415. The van der Waals surface area contributed by atoms with E-state index in [2.05, 4.69) is 0 Å². The first-order valence-corrected chi connectivity index (χ1v) is 7.26. The summed E-state index contributed by atoms with van der Waals surface area (Å²) in [6.07, 6.45) is 0. The van der Waals surface area contributed by atoms with E-state index in [4.69, 9.17) is 9.47 Å². The second-order valence-electron chi connectivity index (χ2n) is 6.36. The molecule has 0 amide bonds. The fourth-order valence-electron chi connectivity index (χ4n) is 1.92. The summed E-state index contributed by atoms with van der Waals surface area (Å²) in [7, 11) is 0. The van der Waals surface area contributed by atoms with Gasteiger partial charge in [-0.2, -0.15) is 0 Å². The van der Waals surface area contributed by atoms with Crippen molar-refractivity contribution >= 4 is 5.97 Å². The summed E-state index contributed by atoms with van der Waals surface area (Å²) in [5, 5.41) is 10.7. The van der Waals surface area contributed by atoms with Crippen LogP contribution < -0.4 is 4.74 Å². The lowest BCUT2D eigenvalue weighted by atomic mass is 9.84. The molecule has 118 valence electrons. The highest BCUT2D eigenvalue weighted by Gasteiger charge is 2.37. The molecule has 21 heavy (non-hydrogen) atoms. The highest BCUT2D eigenvalue weighted by Crippen LogP contribution is 2.32. The molecule has 1 rings (SSSR count). The van der Waals surface area contributed by atoms with E-state index < -0.39 is 23.1 Å². The molecule has 1 aromatic rings. The van der Waals surface area contributed by atoms with Crippen molar-refractivity contribution in [3.63, 3.8) is 0 Å². The van der Waals surface area contributed by atoms with Crippen LogP contribution in [0, 0.1) is 5.92 Å². The maximum Gasteiger partial charge on any atom is 0.312 e. The first kappa shape index (κ1) is 17.5. The van der Waals surface area contributed by atoms with Gasteiger partial charge in [-0.15, -0.1) is 0 Å². The van der Waals surface area contributed by atoms with Crippen molar-refractivity contribution in [3.05, 3.63) is 29.8 Å². The summed E-state index contributed by atoms with van der Waals surface area (Å²) in [6.45, 7) is 11.2. The third-order valence-electron chi connectivity index (χ3n) is 3.35. The summed E-state index contributed by atoms with van der Waals surface area (Å²) in [5.74, 6) is -0.349. The highest BCUT2D eigenvalue weighted by atomic mass is 16.6. The zero-order valence-electron chi connectivity index (χ0n) is 13.8. The predicted molar refractivity (Wildman–Crippen MR) is 82.2 cm³/mol. The van der Waals surface area contributed by atoms with Gasteiger partial charge in [-0.3, -0.25) is 4.79 Å². The summed E-state index contributed by atoms with van der Waals surface area (Å²) in [4.78, 5) is 12.1. The molecule has 0 fully saturated rings. The van der Waals surface area contributed by atoms with E-state index in [0.717, 1.165) is 5.75 Å². The van der Waals surface area contributed by atoms with Crippen LogP contribution in [-0.2, 0) is 15.1 Å². The number of ether oxygens (including phenoxy) is 2. The first-order valence-electron chi connectivity index (χ1n) is 7.26. The van der Waals surface area contributed by atoms with Crippen LogP contribution in [0.25, 0.3) is 0 Å². The smallest absolute Gasteiger partial charge is 0.312 e. The average molecular weight is 294 g/mol. The molecule has 4 heteroatoms. The minimum atomic E-state index is -1.30. The molecule has 0 radical (unpaired) electrons. The number of hydrogen-bond donors (Lipinski definition) is 1. The van der Waals surface area contributed by atoms with Crippen LogP contribution in [0.4, 0.5) is 0 Å². The molecule has 0 saturated heterocycles. The number of benzene rings is 1. The van der Waals surface area contributed by atoms with Crippen LogP contribution >= 0.6 is 0 Å². The van der Waals surface area contributed by atoms with Crippen LogP contribution in [0.5, 0.6) is 5.75 Å². The van der Waals surface area contributed by atoms with Gasteiger partial charge in [-0.25, -0.2) is 0 Å². The van der Waals surface area contributed by atoms with Crippen molar-refractivity contribution in [2.75, 3.05) is 6.61 Å². The summed E-state index contributed by atoms with van der Waals surface area (Å²) in [6, 6.07) is 7.11. The number of esters is 1. The molecule has 0 aliphatic heterocycles. The molecule has 0 aromatic heterocycles. The van der Waals surface area contributed by atoms with Crippen LogP contribution in [-0.4, -0.2) is 23.3 Å². The largest absolute Gasteiger partial charge is 0.494 e. The van der Waals surface area contributed by atoms with Crippen molar-refractivity contribution in [1.82, 2.24) is 0 Å². The van der Waals surface area contributed by atoms with Gasteiger partial charge in [0.15, 0.2) is 0 Å². The molecule has 0 heterocycles. The lowest BCUT2D eigenvalue weighted by Crippen LogP contribution is -2.39. The van der Waals surface area contributed by atoms with E-state index in [1.165, 1.54) is 0 Å². The van der Waals surface area contributed by atoms with Crippen molar-refractivity contribution in [3.8, 4) is 5.75 Å². The molecule has 0 bridgehead atoms. The zero-order chi connectivity index (χ0) is 16.3. The van der Waals surface area contributed by atoms with Crippen LogP contribution in [0.3, 0.4) is 0 Å². The monoisotopic (exact) mass is 294 g/mol. The van der Waals surface area contributed by atoms with E-state index in [-0.39, 0.29) is 0 Å². The fraction of sp³-hybridized carbons (Fsp3) is 0.588. The van der Waals surface area contributed by atoms with Gasteiger partial charge < -0.3 is 14.6 Å². The number of hydrogen-bond acceptors (Lipinski definition) is 4. The Morgan fingerprint density at radius 3 is 2.14 bits per heavy atom. The van der Waals surface area contributed by atoms with Gasteiger partial charge in [-0.1, -0.05) is 12.1 Å². The van der Waals surface area contributed by atoms with Crippen LogP contribution in [0.1, 0.15) is 47.1 Å². The number of carbonyl (C=O) groups excluding carboxylic acids is 1. The standard InChI is InChI=1S/C17H26O4/c1-7-20-14-10-8-13(9-11-14)17(6,19)12(2)15(18)21-16(3,4)5/h8-12,19H,7H2,1-6H3. The summed E-state index contributed by atoms with van der Waals surface area (Å²) in [5.41, 5.74) is -1.21. The molecule has 1 aromatic carbocycles. The van der Waals surface area contributed by atoms with Gasteiger partial charge in [0.25, 0.3) is 0 Å². The third-order valence-corrected chi connectivity index (χ3v) is 3.35. The fourth-order valence-corrected chi connectivity index (χ4v) is 1.92. The first-order chi connectivity index (χ1) is 9.58. The molecule has 4 nitrogen and oxygen atoms in total. The van der Waals surface area contributed by atoms with E-state index in [0.29, 0.717) is 12.2 Å². The SMILES string of the molecule is CCOc1ccc(C(C)(O)C(C)C(=O)OC(C)(C)C)cc1. The van der Waals surface area contributed by atoms with Crippen molar-refractivity contribution in [1.29, 1.82) is 0 Å². The lowest BCUT2D eigenvalue weighted by molar-refractivity contribution is -0.168. The molecule has 2 atom stereocenters. The molecule has 2 unspecified atom stereocenters. The average Bonchev–Trinajstić information content (AvgIpc) is 2.37. The maximum atomic E-state index is 12.1. The second-order valence-corrected chi connectivity index (χ2v) is 6.36. The summed E-state index contributed by atoms with van der Waals surface area (Å²) >= 11 is 0. The van der Waals surface area contributed by atoms with Crippen LogP contribution in [0.15, 0.2) is 24.3 Å². The Balaban J connectivity index is 2.90. The Morgan fingerprint density at radius 2 is 1.71 bits per heavy atom. The maximum absolute atomic E-state index is 12.1. The Bertz CT molecular complexity index is 469. The molecule has 0 aliphatic rings. The Morgan fingerprint density at radius 1 is 1.19 bits per heavy atom. The molecule has 0 aliphatic carbocycles. The van der Waals surface area contributed by atoms with E-state index in [1.54, 1.807) is 38.1 Å². The quantitative estimate of drug-likeness (QED) is 0.847. The van der Waals surface area contributed by atoms with E-state index in [1.807, 2.05) is 27.7 Å². The van der Waals surface area contributed by atoms with Crippen molar-refractivity contribution < 1.29 is 19.4 Å². The van der Waals surface area contributed by atoms with Crippen molar-refractivity contribution in [2.24, 2.45) is 5.92 Å². The van der Waals surface area contributed by atoms with Gasteiger partial charge in [-0.05, 0) is 59.2 Å². The Labute approximate surface area is 127 Å². The van der Waals surface area contributed by atoms with Gasteiger partial charge in [0.2, 0.25) is 0 Å². The molecule has 1 N–H and O–H groups in total. The molecular weight excluding hydrogens is 268 g/mol. The van der Waals surface area contributed by atoms with E-state index >= 15 is 0 Å². The normalized spacial score (nSPS) is 16.0. The topological polar surface area (TPSA) is 55.8 Å². The molecule has 0 spiro atoms. The third kappa shape index (κ3) is 4.74. The number of carbonyl (C=O) groups is 1. The van der Waals surface area contributed by atoms with Gasteiger partial charge in [0.05, 0.1) is 18.1 Å². The zero-order valence-corrected chi connectivity index (χ0v) is 13.8. The second kappa shape index (κ2) is 6.48. The Kier molecular flexibility index (Phi) is 5.40.